The molecule has 0 aromatic carbocycles. The fourth-order valence-corrected chi connectivity index (χ4v) is 2.46. The summed E-state index contributed by atoms with van der Waals surface area (Å²) in [5.74, 6) is -1.37. The topological polar surface area (TPSA) is 143 Å². The number of H-pyrrole nitrogens is 1. The number of rotatable bonds is 6. The van der Waals surface area contributed by atoms with Crippen molar-refractivity contribution < 1.29 is 18.3 Å². The zero-order chi connectivity index (χ0) is 13.9. The Labute approximate surface area is 107 Å². The highest BCUT2D eigenvalue weighted by Crippen LogP contribution is 2.11. The molecule has 0 amide bonds. The second kappa shape index (κ2) is 5.16. The van der Waals surface area contributed by atoms with Crippen LogP contribution in [0.5, 0.6) is 0 Å². The van der Waals surface area contributed by atoms with Crippen LogP contribution < -0.4 is 4.72 Å². The van der Waals surface area contributed by atoms with E-state index in [9.17, 15) is 13.2 Å². The molecular formula is C8H10N6O4S. The third-order valence-corrected chi connectivity index (χ3v) is 3.64. The number of sulfonamides is 1. The maximum Gasteiger partial charge on any atom is 0.340 e. The van der Waals surface area contributed by atoms with Crippen LogP contribution in [0.15, 0.2) is 23.6 Å². The van der Waals surface area contributed by atoms with Crippen LogP contribution in [-0.4, -0.2) is 51.2 Å². The predicted molar refractivity (Wildman–Crippen MR) is 60.8 cm³/mol. The zero-order valence-corrected chi connectivity index (χ0v) is 10.3. The number of aromatic carboxylic acids is 1. The minimum absolute atomic E-state index is 0.0454. The SMILES string of the molecule is O=C(O)c1cn[nH]c1S(=O)(=O)NCCn1ccnn1. The minimum atomic E-state index is -3.96. The number of carbonyl (C=O) groups is 1. The lowest BCUT2D eigenvalue weighted by atomic mass is 10.4. The second-order valence-corrected chi connectivity index (χ2v) is 5.19. The van der Waals surface area contributed by atoms with E-state index in [4.69, 9.17) is 5.11 Å². The van der Waals surface area contributed by atoms with Crippen LogP contribution in [0, 0.1) is 0 Å². The third-order valence-electron chi connectivity index (χ3n) is 2.21. The molecule has 0 unspecified atom stereocenters. The van der Waals surface area contributed by atoms with Crippen molar-refractivity contribution in [2.24, 2.45) is 0 Å². The number of hydrogen-bond acceptors (Lipinski definition) is 6. The smallest absolute Gasteiger partial charge is 0.340 e. The highest BCUT2D eigenvalue weighted by molar-refractivity contribution is 7.89. The Balaban J connectivity index is 2.06. The van der Waals surface area contributed by atoms with Gasteiger partial charge in [0.25, 0.3) is 10.0 Å². The molecule has 2 aromatic rings. The number of nitrogens with zero attached hydrogens (tertiary/aromatic N) is 4. The summed E-state index contributed by atoms with van der Waals surface area (Å²) in [7, 11) is -3.96. The largest absolute Gasteiger partial charge is 0.478 e. The van der Waals surface area contributed by atoms with Crippen molar-refractivity contribution in [1.29, 1.82) is 0 Å². The van der Waals surface area contributed by atoms with Crippen molar-refractivity contribution >= 4 is 16.0 Å². The first-order valence-electron chi connectivity index (χ1n) is 5.11. The number of carboxylic acids is 1. The van der Waals surface area contributed by atoms with Crippen molar-refractivity contribution in [2.75, 3.05) is 6.54 Å². The summed E-state index contributed by atoms with van der Waals surface area (Å²) in [4.78, 5) is 10.8. The average molecular weight is 286 g/mol. The number of aromatic amines is 1. The lowest BCUT2D eigenvalue weighted by molar-refractivity contribution is 0.0692. The van der Waals surface area contributed by atoms with Crippen LogP contribution in [0.2, 0.25) is 0 Å². The number of carboxylic acid groups (broad SMARTS) is 1. The number of aromatic nitrogens is 5. The summed E-state index contributed by atoms with van der Waals surface area (Å²) in [5, 5.41) is 21.1. The van der Waals surface area contributed by atoms with Gasteiger partial charge in [-0.05, 0) is 0 Å². The van der Waals surface area contributed by atoms with Gasteiger partial charge < -0.3 is 5.11 Å². The van der Waals surface area contributed by atoms with Crippen molar-refractivity contribution in [3.05, 3.63) is 24.2 Å². The molecule has 0 fully saturated rings. The maximum atomic E-state index is 11.9. The first-order chi connectivity index (χ1) is 9.00. The van der Waals surface area contributed by atoms with Gasteiger partial charge in [-0.15, -0.1) is 5.10 Å². The zero-order valence-electron chi connectivity index (χ0n) is 9.52. The first-order valence-corrected chi connectivity index (χ1v) is 6.59. The lowest BCUT2D eigenvalue weighted by Crippen LogP contribution is -2.29. The summed E-state index contributed by atoms with van der Waals surface area (Å²) < 4.78 is 27.4. The molecule has 2 rings (SSSR count). The van der Waals surface area contributed by atoms with Gasteiger partial charge in [0, 0.05) is 12.7 Å². The fraction of sp³-hybridized carbons (Fsp3) is 0.250. The van der Waals surface area contributed by atoms with E-state index in [0.717, 1.165) is 6.20 Å². The molecule has 3 N–H and O–H groups in total. The summed E-state index contributed by atoms with van der Waals surface area (Å²) in [5.41, 5.74) is -0.409. The molecule has 0 bridgehead atoms. The molecule has 0 atom stereocenters. The number of nitrogens with one attached hydrogen (secondary N) is 2. The molecule has 10 nitrogen and oxygen atoms in total. The van der Waals surface area contributed by atoms with E-state index in [0.29, 0.717) is 0 Å². The molecule has 2 aromatic heterocycles. The van der Waals surface area contributed by atoms with Gasteiger partial charge in [-0.3, -0.25) is 9.78 Å². The molecule has 0 aliphatic carbocycles. The van der Waals surface area contributed by atoms with Crippen LogP contribution >= 0.6 is 0 Å². The third kappa shape index (κ3) is 2.95. The molecule has 0 saturated heterocycles. The predicted octanol–water partition coefficient (Wildman–Crippen LogP) is -1.32. The Morgan fingerprint density at radius 1 is 1.53 bits per heavy atom. The van der Waals surface area contributed by atoms with Gasteiger partial charge in [-0.25, -0.2) is 17.9 Å². The standard InChI is InChI=1S/C8H10N6O4S/c15-8(16)6-5-10-12-7(6)19(17,18)11-2-4-14-3-1-9-13-14/h1,3,5,11H,2,4H2,(H,10,12)(H,15,16). The molecule has 19 heavy (non-hydrogen) atoms. The molecule has 102 valence electrons. The van der Waals surface area contributed by atoms with E-state index in [2.05, 4.69) is 25.2 Å². The second-order valence-electron chi connectivity index (χ2n) is 3.48. The highest BCUT2D eigenvalue weighted by atomic mass is 32.2. The van der Waals surface area contributed by atoms with Gasteiger partial charge in [0.1, 0.15) is 5.56 Å². The molecule has 0 spiro atoms. The van der Waals surface area contributed by atoms with E-state index < -0.39 is 26.6 Å². The van der Waals surface area contributed by atoms with E-state index in [1.165, 1.54) is 10.9 Å². The van der Waals surface area contributed by atoms with Gasteiger partial charge in [0.15, 0.2) is 5.03 Å². The number of hydrogen-bond donors (Lipinski definition) is 3. The van der Waals surface area contributed by atoms with Gasteiger partial charge in [-0.2, -0.15) is 5.10 Å². The van der Waals surface area contributed by atoms with Crippen molar-refractivity contribution in [3.63, 3.8) is 0 Å². The molecule has 0 radical (unpaired) electrons. The van der Waals surface area contributed by atoms with E-state index in [1.54, 1.807) is 6.20 Å². The Morgan fingerprint density at radius 3 is 2.95 bits per heavy atom. The van der Waals surface area contributed by atoms with Crippen molar-refractivity contribution in [1.82, 2.24) is 29.9 Å². The molecule has 0 saturated carbocycles. The Bertz CT molecular complexity index is 661. The Hall–Kier alpha value is -2.27. The molecule has 0 aliphatic heterocycles. The lowest BCUT2D eigenvalue weighted by Gasteiger charge is -2.05. The maximum absolute atomic E-state index is 11.9. The molecular weight excluding hydrogens is 276 g/mol. The van der Waals surface area contributed by atoms with E-state index in [-0.39, 0.29) is 13.1 Å². The Kier molecular flexibility index (Phi) is 3.57. The summed E-state index contributed by atoms with van der Waals surface area (Å²) in [6.07, 6.45) is 3.98. The monoisotopic (exact) mass is 286 g/mol. The van der Waals surface area contributed by atoms with Crippen molar-refractivity contribution in [3.8, 4) is 0 Å². The molecule has 11 heteroatoms. The molecule has 0 aliphatic rings. The Morgan fingerprint density at radius 2 is 2.32 bits per heavy atom. The fourth-order valence-electron chi connectivity index (χ4n) is 1.35. The van der Waals surface area contributed by atoms with E-state index >= 15 is 0 Å². The van der Waals surface area contributed by atoms with Crippen LogP contribution in [0.4, 0.5) is 0 Å². The van der Waals surface area contributed by atoms with Crippen LogP contribution in [0.1, 0.15) is 10.4 Å². The highest BCUT2D eigenvalue weighted by Gasteiger charge is 2.24. The van der Waals surface area contributed by atoms with Crippen LogP contribution in [0.3, 0.4) is 0 Å². The normalized spacial score (nSPS) is 11.6. The first kappa shape index (κ1) is 13.2. The van der Waals surface area contributed by atoms with E-state index in [1.807, 2.05) is 0 Å². The van der Waals surface area contributed by atoms with Gasteiger partial charge >= 0.3 is 5.97 Å². The van der Waals surface area contributed by atoms with Crippen molar-refractivity contribution in [2.45, 2.75) is 11.6 Å². The summed E-state index contributed by atoms with van der Waals surface area (Å²) in [6, 6.07) is 0. The van der Waals surface area contributed by atoms with Gasteiger partial charge in [-0.1, -0.05) is 5.21 Å². The summed E-state index contributed by atoms with van der Waals surface area (Å²) in [6.45, 7) is 0.319. The van der Waals surface area contributed by atoms with Gasteiger partial charge in [0.2, 0.25) is 0 Å². The molecule has 2 heterocycles. The average Bonchev–Trinajstić information content (AvgIpc) is 2.99. The van der Waals surface area contributed by atoms with Crippen LogP contribution in [0.25, 0.3) is 0 Å². The van der Waals surface area contributed by atoms with Gasteiger partial charge in [0.05, 0.1) is 18.9 Å². The summed E-state index contributed by atoms with van der Waals surface area (Å²) >= 11 is 0. The quantitative estimate of drug-likeness (QED) is 0.597. The van der Waals surface area contributed by atoms with Crippen LogP contribution in [-0.2, 0) is 16.6 Å². The minimum Gasteiger partial charge on any atom is -0.478 e.